The van der Waals surface area contributed by atoms with Gasteiger partial charge in [-0.05, 0) is 12.1 Å². The maximum Gasteiger partial charge on any atom is 0.319 e. The lowest BCUT2D eigenvalue weighted by Gasteiger charge is -2.08. The Balaban J connectivity index is 2.23. The molecule has 5 nitrogen and oxygen atoms in total. The molecule has 94 valence electrons. The van der Waals surface area contributed by atoms with Gasteiger partial charge in [-0.15, -0.1) is 0 Å². The van der Waals surface area contributed by atoms with Crippen molar-refractivity contribution in [2.24, 2.45) is 0 Å². The zero-order valence-corrected chi connectivity index (χ0v) is 10.0. The van der Waals surface area contributed by atoms with Gasteiger partial charge in [-0.2, -0.15) is 0 Å². The first-order valence-corrected chi connectivity index (χ1v) is 5.60. The maximum atomic E-state index is 11.4. The fourth-order valence-electron chi connectivity index (χ4n) is 1.13. The molecule has 0 saturated heterocycles. The van der Waals surface area contributed by atoms with Gasteiger partial charge in [-0.1, -0.05) is 23.7 Å². The summed E-state index contributed by atoms with van der Waals surface area (Å²) in [6.07, 6.45) is 0. The summed E-state index contributed by atoms with van der Waals surface area (Å²) >= 11 is 5.88. The number of para-hydroxylation sites is 1. The Labute approximate surface area is 105 Å². The summed E-state index contributed by atoms with van der Waals surface area (Å²) < 4.78 is 4.99. The molecule has 1 rings (SSSR count). The molecule has 1 aromatic rings. The molecule has 0 fully saturated rings. The van der Waals surface area contributed by atoms with Crippen molar-refractivity contribution >= 4 is 23.3 Å². The molecule has 17 heavy (non-hydrogen) atoms. The van der Waals surface area contributed by atoms with Crippen molar-refractivity contribution < 1.29 is 14.6 Å². The highest BCUT2D eigenvalue weighted by Crippen LogP contribution is 2.19. The minimum absolute atomic E-state index is 0.0220. The van der Waals surface area contributed by atoms with E-state index in [0.29, 0.717) is 23.9 Å². The Morgan fingerprint density at radius 2 is 2.12 bits per heavy atom. The third kappa shape index (κ3) is 5.53. The lowest BCUT2D eigenvalue weighted by Crippen LogP contribution is -2.31. The quantitative estimate of drug-likeness (QED) is 0.677. The van der Waals surface area contributed by atoms with Gasteiger partial charge in [0, 0.05) is 6.54 Å². The molecule has 0 aliphatic carbocycles. The van der Waals surface area contributed by atoms with E-state index in [4.69, 9.17) is 21.4 Å². The minimum atomic E-state index is -0.342. The highest BCUT2D eigenvalue weighted by molar-refractivity contribution is 6.33. The van der Waals surface area contributed by atoms with Crippen molar-refractivity contribution in [3.8, 4) is 0 Å². The Morgan fingerprint density at radius 3 is 2.82 bits per heavy atom. The van der Waals surface area contributed by atoms with Gasteiger partial charge < -0.3 is 20.5 Å². The van der Waals surface area contributed by atoms with Gasteiger partial charge in [0.05, 0.1) is 30.5 Å². The lowest BCUT2D eigenvalue weighted by molar-refractivity contribution is 0.0950. The standard InChI is InChI=1S/C11H15ClN2O3/c12-9-3-1-2-4-10(9)14-11(16)13-5-7-17-8-6-15/h1-4,15H,5-8H2,(H2,13,14,16). The third-order valence-electron chi connectivity index (χ3n) is 1.89. The molecule has 0 saturated carbocycles. The second-order valence-electron chi connectivity index (χ2n) is 3.20. The topological polar surface area (TPSA) is 70.6 Å². The first kappa shape index (κ1) is 13.8. The van der Waals surface area contributed by atoms with E-state index in [2.05, 4.69) is 10.6 Å². The van der Waals surface area contributed by atoms with E-state index in [1.807, 2.05) is 0 Å². The van der Waals surface area contributed by atoms with Crippen LogP contribution in [0.4, 0.5) is 10.5 Å². The average molecular weight is 259 g/mol. The van der Waals surface area contributed by atoms with E-state index in [0.717, 1.165) is 0 Å². The number of nitrogens with one attached hydrogen (secondary N) is 2. The molecule has 0 unspecified atom stereocenters. The van der Waals surface area contributed by atoms with E-state index < -0.39 is 0 Å². The van der Waals surface area contributed by atoms with Crippen LogP contribution in [0.2, 0.25) is 5.02 Å². The minimum Gasteiger partial charge on any atom is -0.394 e. The first-order valence-electron chi connectivity index (χ1n) is 5.22. The number of amides is 2. The van der Waals surface area contributed by atoms with Gasteiger partial charge >= 0.3 is 6.03 Å². The molecule has 0 aliphatic rings. The maximum absolute atomic E-state index is 11.4. The Morgan fingerprint density at radius 1 is 1.35 bits per heavy atom. The van der Waals surface area contributed by atoms with Crippen LogP contribution < -0.4 is 10.6 Å². The van der Waals surface area contributed by atoms with Crippen molar-refractivity contribution in [3.05, 3.63) is 29.3 Å². The summed E-state index contributed by atoms with van der Waals surface area (Å²) in [6, 6.07) is 6.64. The van der Waals surface area contributed by atoms with E-state index in [9.17, 15) is 4.79 Å². The smallest absolute Gasteiger partial charge is 0.319 e. The molecule has 6 heteroatoms. The van der Waals surface area contributed by atoms with E-state index in [1.54, 1.807) is 24.3 Å². The summed E-state index contributed by atoms with van der Waals surface area (Å²) in [7, 11) is 0. The number of anilines is 1. The Bertz CT molecular complexity index is 360. The van der Waals surface area contributed by atoms with Crippen LogP contribution in [0.25, 0.3) is 0 Å². The summed E-state index contributed by atoms with van der Waals surface area (Å²) in [4.78, 5) is 11.4. The summed E-state index contributed by atoms with van der Waals surface area (Å²) in [5, 5.41) is 14.2. The van der Waals surface area contributed by atoms with Crippen LogP contribution in [0.15, 0.2) is 24.3 Å². The molecule has 0 bridgehead atoms. The van der Waals surface area contributed by atoms with Crippen molar-refractivity contribution in [1.29, 1.82) is 0 Å². The molecular weight excluding hydrogens is 244 g/mol. The molecular formula is C11H15ClN2O3. The Hall–Kier alpha value is -1.30. The fraction of sp³-hybridized carbons (Fsp3) is 0.364. The molecule has 2 amide bonds. The fourth-order valence-corrected chi connectivity index (χ4v) is 1.32. The van der Waals surface area contributed by atoms with Gasteiger partial charge in [0.25, 0.3) is 0 Å². The largest absolute Gasteiger partial charge is 0.394 e. The monoisotopic (exact) mass is 258 g/mol. The Kier molecular flexibility index (Phi) is 6.39. The number of benzene rings is 1. The number of ether oxygens (including phenoxy) is 1. The highest BCUT2D eigenvalue weighted by Gasteiger charge is 2.03. The molecule has 3 N–H and O–H groups in total. The number of rotatable bonds is 6. The molecule has 0 radical (unpaired) electrons. The van der Waals surface area contributed by atoms with Gasteiger partial charge in [0.2, 0.25) is 0 Å². The van der Waals surface area contributed by atoms with E-state index in [1.165, 1.54) is 0 Å². The molecule has 0 atom stereocenters. The SMILES string of the molecule is O=C(NCCOCCO)Nc1ccccc1Cl. The lowest BCUT2D eigenvalue weighted by atomic mass is 10.3. The van der Waals surface area contributed by atoms with Crippen molar-refractivity contribution in [2.75, 3.05) is 31.7 Å². The van der Waals surface area contributed by atoms with Crippen LogP contribution in [0.3, 0.4) is 0 Å². The number of halogens is 1. The number of aliphatic hydroxyl groups is 1. The molecule has 0 heterocycles. The number of urea groups is 1. The number of hydrogen-bond acceptors (Lipinski definition) is 3. The normalized spacial score (nSPS) is 10.0. The van der Waals surface area contributed by atoms with Gasteiger partial charge in [0.1, 0.15) is 0 Å². The first-order chi connectivity index (χ1) is 8.24. The average Bonchev–Trinajstić information content (AvgIpc) is 2.32. The second kappa shape index (κ2) is 7.89. The number of hydrogen-bond donors (Lipinski definition) is 3. The highest BCUT2D eigenvalue weighted by atomic mass is 35.5. The van der Waals surface area contributed by atoms with Crippen molar-refractivity contribution in [3.63, 3.8) is 0 Å². The molecule has 1 aromatic carbocycles. The van der Waals surface area contributed by atoms with Gasteiger partial charge in [-0.3, -0.25) is 0 Å². The second-order valence-corrected chi connectivity index (χ2v) is 3.60. The molecule has 0 spiro atoms. The summed E-state index contributed by atoms with van der Waals surface area (Å²) in [5.74, 6) is 0. The van der Waals surface area contributed by atoms with Crippen LogP contribution >= 0.6 is 11.6 Å². The van der Waals surface area contributed by atoms with Crippen LogP contribution in [0, 0.1) is 0 Å². The predicted octanol–water partition coefficient (Wildman–Crippen LogP) is 1.47. The summed E-state index contributed by atoms with van der Waals surface area (Å²) in [6.45, 7) is 0.979. The summed E-state index contributed by atoms with van der Waals surface area (Å²) in [5.41, 5.74) is 0.558. The van der Waals surface area contributed by atoms with Crippen molar-refractivity contribution in [2.45, 2.75) is 0 Å². The van der Waals surface area contributed by atoms with Crippen LogP contribution in [0.5, 0.6) is 0 Å². The zero-order valence-electron chi connectivity index (χ0n) is 9.28. The van der Waals surface area contributed by atoms with Gasteiger partial charge in [-0.25, -0.2) is 4.79 Å². The van der Waals surface area contributed by atoms with E-state index >= 15 is 0 Å². The number of carbonyl (C=O) groups is 1. The third-order valence-corrected chi connectivity index (χ3v) is 2.22. The zero-order chi connectivity index (χ0) is 12.5. The van der Waals surface area contributed by atoms with Crippen LogP contribution in [0.1, 0.15) is 0 Å². The predicted molar refractivity (Wildman–Crippen MR) is 66.4 cm³/mol. The van der Waals surface area contributed by atoms with Crippen LogP contribution in [-0.2, 0) is 4.74 Å². The van der Waals surface area contributed by atoms with Gasteiger partial charge in [0.15, 0.2) is 0 Å². The van der Waals surface area contributed by atoms with Crippen molar-refractivity contribution in [1.82, 2.24) is 5.32 Å². The van der Waals surface area contributed by atoms with Crippen LogP contribution in [-0.4, -0.2) is 37.5 Å². The van der Waals surface area contributed by atoms with E-state index in [-0.39, 0.29) is 19.2 Å². The number of aliphatic hydroxyl groups excluding tert-OH is 1. The molecule has 0 aromatic heterocycles. The number of carbonyl (C=O) groups excluding carboxylic acids is 1. The molecule has 0 aliphatic heterocycles.